The molecule has 16 heavy (non-hydrogen) atoms. The van der Waals surface area contributed by atoms with Crippen molar-refractivity contribution in [3.05, 3.63) is 29.8 Å². The van der Waals surface area contributed by atoms with Gasteiger partial charge in [0.1, 0.15) is 7.14 Å². The zero-order valence-electron chi connectivity index (χ0n) is 10.4. The van der Waals surface area contributed by atoms with Crippen molar-refractivity contribution in [3.8, 4) is 0 Å². The van der Waals surface area contributed by atoms with E-state index in [1.54, 1.807) is 0 Å². The third kappa shape index (κ3) is 2.53. The molecular formula is C13H20IOP. The van der Waals surface area contributed by atoms with Crippen LogP contribution < -0.4 is 5.30 Å². The number of rotatable bonds is 4. The fourth-order valence-corrected chi connectivity index (χ4v) is 6.31. The fraction of sp³-hybridized carbons (Fsp3) is 0.538. The summed E-state index contributed by atoms with van der Waals surface area (Å²) in [4.78, 5) is 0. The molecular weight excluding hydrogens is 330 g/mol. The lowest BCUT2D eigenvalue weighted by Gasteiger charge is -2.28. The molecule has 90 valence electrons. The Balaban J connectivity index is 3.38. The lowest BCUT2D eigenvalue weighted by molar-refractivity contribution is 0.569. The summed E-state index contributed by atoms with van der Waals surface area (Å²) in [6.45, 7) is 8.30. The molecule has 1 nitrogen and oxygen atoms in total. The van der Waals surface area contributed by atoms with Crippen LogP contribution in [-0.4, -0.2) is 11.3 Å². The minimum Gasteiger partial charge on any atom is -0.318 e. The third-order valence-electron chi connectivity index (χ3n) is 3.05. The summed E-state index contributed by atoms with van der Waals surface area (Å²) >= 11 is 2.34. The molecule has 0 fully saturated rings. The molecule has 0 saturated heterocycles. The van der Waals surface area contributed by atoms with Gasteiger partial charge in [-0.15, -0.1) is 0 Å². The van der Waals surface area contributed by atoms with Gasteiger partial charge >= 0.3 is 0 Å². The van der Waals surface area contributed by atoms with Gasteiger partial charge in [-0.25, -0.2) is 0 Å². The summed E-state index contributed by atoms with van der Waals surface area (Å²) in [6, 6.07) is 8.18. The third-order valence-corrected chi connectivity index (χ3v) is 8.13. The Kier molecular flexibility index (Phi) is 5.06. The molecule has 1 rings (SSSR count). The van der Waals surface area contributed by atoms with Crippen LogP contribution in [0.2, 0.25) is 0 Å². The molecule has 1 aromatic carbocycles. The van der Waals surface area contributed by atoms with E-state index in [4.69, 9.17) is 0 Å². The Morgan fingerprint density at radius 1 is 1.12 bits per heavy atom. The van der Waals surface area contributed by atoms with Crippen molar-refractivity contribution in [2.45, 2.75) is 43.4 Å². The first-order valence-electron chi connectivity index (χ1n) is 5.68. The smallest absolute Gasteiger partial charge is 0.120 e. The normalized spacial score (nSPS) is 12.4. The summed E-state index contributed by atoms with van der Waals surface area (Å²) in [7, 11) is -2.27. The van der Waals surface area contributed by atoms with Gasteiger partial charge in [-0.2, -0.15) is 0 Å². The first kappa shape index (κ1) is 14.2. The van der Waals surface area contributed by atoms with Crippen LogP contribution in [0.15, 0.2) is 24.3 Å². The molecule has 0 aromatic heterocycles. The van der Waals surface area contributed by atoms with Gasteiger partial charge < -0.3 is 4.57 Å². The zero-order chi connectivity index (χ0) is 12.3. The molecule has 0 unspecified atom stereocenters. The first-order chi connectivity index (χ1) is 7.44. The monoisotopic (exact) mass is 350 g/mol. The Morgan fingerprint density at radius 3 is 2.06 bits per heavy atom. The maximum Gasteiger partial charge on any atom is 0.120 e. The highest BCUT2D eigenvalue weighted by Crippen LogP contribution is 2.54. The molecule has 0 aliphatic carbocycles. The van der Waals surface area contributed by atoms with Gasteiger partial charge in [0.25, 0.3) is 0 Å². The minimum absolute atomic E-state index is 0.219. The first-order valence-corrected chi connectivity index (χ1v) is 9.05. The predicted molar refractivity (Wildman–Crippen MR) is 81.7 cm³/mol. The van der Waals surface area contributed by atoms with Gasteiger partial charge in [-0.3, -0.25) is 0 Å². The lowest BCUT2D eigenvalue weighted by atomic mass is 10.2. The Morgan fingerprint density at radius 2 is 1.62 bits per heavy atom. The van der Waals surface area contributed by atoms with Crippen molar-refractivity contribution in [3.63, 3.8) is 0 Å². The van der Waals surface area contributed by atoms with Gasteiger partial charge in [-0.1, -0.05) is 74.6 Å². The molecule has 0 heterocycles. The van der Waals surface area contributed by atoms with Crippen molar-refractivity contribution in [1.29, 1.82) is 0 Å². The average molecular weight is 350 g/mol. The van der Waals surface area contributed by atoms with E-state index in [0.717, 1.165) is 9.73 Å². The number of benzene rings is 1. The van der Waals surface area contributed by atoms with E-state index in [9.17, 15) is 4.57 Å². The summed E-state index contributed by atoms with van der Waals surface area (Å²) in [5.74, 6) is 0. The summed E-state index contributed by atoms with van der Waals surface area (Å²) in [6.07, 6.45) is 0. The second-order valence-corrected chi connectivity index (χ2v) is 9.39. The van der Waals surface area contributed by atoms with Crippen LogP contribution in [0, 0.1) is 0 Å². The Bertz CT molecular complexity index is 387. The van der Waals surface area contributed by atoms with E-state index in [2.05, 4.69) is 62.4 Å². The van der Waals surface area contributed by atoms with Crippen molar-refractivity contribution >= 4 is 35.0 Å². The summed E-state index contributed by atoms with van der Waals surface area (Å²) < 4.78 is 14.1. The van der Waals surface area contributed by atoms with E-state index in [1.165, 1.54) is 5.56 Å². The zero-order valence-corrected chi connectivity index (χ0v) is 13.5. The van der Waals surface area contributed by atoms with E-state index < -0.39 is 7.14 Å². The highest BCUT2D eigenvalue weighted by Gasteiger charge is 2.33. The average Bonchev–Trinajstić information content (AvgIpc) is 2.27. The van der Waals surface area contributed by atoms with Crippen LogP contribution in [0.25, 0.3) is 0 Å². The van der Waals surface area contributed by atoms with Gasteiger partial charge in [0.2, 0.25) is 0 Å². The van der Waals surface area contributed by atoms with Crippen LogP contribution in [0.1, 0.15) is 33.3 Å². The number of alkyl halides is 1. The largest absolute Gasteiger partial charge is 0.318 e. The van der Waals surface area contributed by atoms with Crippen molar-refractivity contribution in [2.75, 3.05) is 0 Å². The highest BCUT2D eigenvalue weighted by molar-refractivity contribution is 14.1. The summed E-state index contributed by atoms with van der Waals surface area (Å²) in [5, 5.41) is 1.09. The Labute approximate surface area is 113 Å². The molecule has 0 aliphatic heterocycles. The van der Waals surface area contributed by atoms with Crippen molar-refractivity contribution in [2.24, 2.45) is 0 Å². The number of halogens is 1. The quantitative estimate of drug-likeness (QED) is 0.446. The van der Waals surface area contributed by atoms with Crippen LogP contribution in [0.3, 0.4) is 0 Å². The molecule has 0 radical (unpaired) electrons. The van der Waals surface area contributed by atoms with E-state index in [-0.39, 0.29) is 11.3 Å². The Hall–Kier alpha value is 0.180. The van der Waals surface area contributed by atoms with Gasteiger partial charge in [0.15, 0.2) is 0 Å². The number of hydrogen-bond acceptors (Lipinski definition) is 1. The molecule has 0 N–H and O–H groups in total. The maximum absolute atomic E-state index is 13.2. The molecule has 3 heteroatoms. The van der Waals surface area contributed by atoms with E-state index >= 15 is 0 Å². The van der Waals surface area contributed by atoms with Crippen LogP contribution in [0.5, 0.6) is 0 Å². The van der Waals surface area contributed by atoms with Gasteiger partial charge in [0, 0.05) is 21.1 Å². The number of hydrogen-bond donors (Lipinski definition) is 0. The van der Waals surface area contributed by atoms with E-state index in [1.807, 2.05) is 12.1 Å². The molecule has 0 atom stereocenters. The molecule has 0 aliphatic rings. The molecule has 0 amide bonds. The minimum atomic E-state index is -2.27. The predicted octanol–water partition coefficient (Wildman–Crippen LogP) is 4.43. The van der Waals surface area contributed by atoms with E-state index in [0.29, 0.717) is 0 Å². The van der Waals surface area contributed by atoms with Crippen molar-refractivity contribution in [1.82, 2.24) is 0 Å². The van der Waals surface area contributed by atoms with Crippen LogP contribution in [-0.2, 0) is 8.99 Å². The second kappa shape index (κ2) is 5.68. The summed E-state index contributed by atoms with van der Waals surface area (Å²) in [5.41, 5.74) is 1.67. The van der Waals surface area contributed by atoms with Crippen LogP contribution >= 0.6 is 29.7 Å². The van der Waals surface area contributed by atoms with Gasteiger partial charge in [0.05, 0.1) is 0 Å². The second-order valence-electron chi connectivity index (χ2n) is 4.66. The lowest BCUT2D eigenvalue weighted by Crippen LogP contribution is -2.22. The topological polar surface area (TPSA) is 17.1 Å². The molecule has 0 saturated carbocycles. The molecule has 1 aromatic rings. The highest BCUT2D eigenvalue weighted by atomic mass is 127. The van der Waals surface area contributed by atoms with Crippen LogP contribution in [0.4, 0.5) is 0 Å². The standard InChI is InChI=1S/C13H20IOP/c1-10(2)16(15,11(3)4)13-8-6-5-7-12(13)9-14/h5-8,10-11H,9H2,1-4H3. The fourth-order valence-electron chi connectivity index (χ4n) is 2.12. The molecule has 0 spiro atoms. The molecule has 0 bridgehead atoms. The maximum atomic E-state index is 13.2. The van der Waals surface area contributed by atoms with Gasteiger partial charge in [-0.05, 0) is 5.56 Å². The SMILES string of the molecule is CC(C)P(=O)(c1ccccc1CI)C(C)C. The van der Waals surface area contributed by atoms with Crippen molar-refractivity contribution < 1.29 is 4.57 Å².